The zero-order chi connectivity index (χ0) is 12.7. The summed E-state index contributed by atoms with van der Waals surface area (Å²) in [6, 6.07) is 0.142. The number of rotatable bonds is 7. The highest BCUT2D eigenvalue weighted by Gasteiger charge is 2.04. The monoisotopic (exact) mass is 238 g/mol. The molecular formula is C12H22N4O. The second-order valence-corrected chi connectivity index (χ2v) is 4.34. The number of hydrogen-bond acceptors (Lipinski definition) is 5. The topological polar surface area (TPSA) is 64.3 Å². The lowest BCUT2D eigenvalue weighted by Crippen LogP contribution is -2.22. The van der Waals surface area contributed by atoms with Crippen LogP contribution < -0.4 is 10.6 Å². The average Bonchev–Trinajstić information content (AvgIpc) is 2.29. The van der Waals surface area contributed by atoms with Gasteiger partial charge in [-0.3, -0.25) is 0 Å². The molecule has 1 aromatic heterocycles. The SMILES string of the molecule is COCCCN(C)c1ncc(CC(C)N)cn1. The normalized spacial score (nSPS) is 12.5. The van der Waals surface area contributed by atoms with Crippen LogP contribution in [0.2, 0.25) is 0 Å². The summed E-state index contributed by atoms with van der Waals surface area (Å²) in [4.78, 5) is 10.7. The molecule has 0 aromatic carbocycles. The smallest absolute Gasteiger partial charge is 0.224 e. The molecular weight excluding hydrogens is 216 g/mol. The Morgan fingerprint density at radius 3 is 2.59 bits per heavy atom. The van der Waals surface area contributed by atoms with Gasteiger partial charge in [0.25, 0.3) is 0 Å². The molecule has 0 aliphatic carbocycles. The van der Waals surface area contributed by atoms with Crippen molar-refractivity contribution in [1.82, 2.24) is 9.97 Å². The number of nitrogens with two attached hydrogens (primary N) is 1. The van der Waals surface area contributed by atoms with Gasteiger partial charge in [-0.1, -0.05) is 0 Å². The van der Waals surface area contributed by atoms with Gasteiger partial charge in [0.2, 0.25) is 5.95 Å². The van der Waals surface area contributed by atoms with E-state index in [1.54, 1.807) is 7.11 Å². The molecule has 0 spiro atoms. The maximum absolute atomic E-state index is 5.72. The van der Waals surface area contributed by atoms with Crippen LogP contribution in [0.5, 0.6) is 0 Å². The highest BCUT2D eigenvalue weighted by atomic mass is 16.5. The predicted molar refractivity (Wildman–Crippen MR) is 69.1 cm³/mol. The Bertz CT molecular complexity index is 313. The van der Waals surface area contributed by atoms with Gasteiger partial charge in [0.1, 0.15) is 0 Å². The third kappa shape index (κ3) is 5.10. The molecule has 17 heavy (non-hydrogen) atoms. The van der Waals surface area contributed by atoms with Crippen molar-refractivity contribution < 1.29 is 4.74 Å². The fourth-order valence-corrected chi connectivity index (χ4v) is 1.57. The van der Waals surface area contributed by atoms with Crippen molar-refractivity contribution in [3.05, 3.63) is 18.0 Å². The number of aromatic nitrogens is 2. The van der Waals surface area contributed by atoms with E-state index in [4.69, 9.17) is 10.5 Å². The van der Waals surface area contributed by atoms with Crippen molar-refractivity contribution in [3.8, 4) is 0 Å². The minimum Gasteiger partial charge on any atom is -0.385 e. The Labute approximate surface area is 103 Å². The van der Waals surface area contributed by atoms with Gasteiger partial charge < -0.3 is 15.4 Å². The molecule has 1 unspecified atom stereocenters. The summed E-state index contributed by atoms with van der Waals surface area (Å²) in [5.41, 5.74) is 6.80. The summed E-state index contributed by atoms with van der Waals surface area (Å²) in [7, 11) is 3.69. The molecule has 0 saturated carbocycles. The lowest BCUT2D eigenvalue weighted by Gasteiger charge is -2.16. The molecule has 0 aliphatic heterocycles. The molecule has 2 N–H and O–H groups in total. The lowest BCUT2D eigenvalue weighted by molar-refractivity contribution is 0.196. The fraction of sp³-hybridized carbons (Fsp3) is 0.667. The Hall–Kier alpha value is -1.20. The molecule has 0 aliphatic rings. The summed E-state index contributed by atoms with van der Waals surface area (Å²) in [6.07, 6.45) is 5.47. The van der Waals surface area contributed by atoms with Crippen molar-refractivity contribution in [2.75, 3.05) is 32.2 Å². The predicted octanol–water partition coefficient (Wildman–Crippen LogP) is 0.839. The Kier molecular flexibility index (Phi) is 5.86. The molecule has 1 atom stereocenters. The second-order valence-electron chi connectivity index (χ2n) is 4.34. The number of nitrogens with zero attached hydrogens (tertiary/aromatic N) is 3. The molecule has 1 aromatic rings. The van der Waals surface area contributed by atoms with Crippen LogP contribution in [-0.4, -0.2) is 43.3 Å². The molecule has 0 saturated heterocycles. The van der Waals surface area contributed by atoms with E-state index >= 15 is 0 Å². The van der Waals surface area contributed by atoms with E-state index in [-0.39, 0.29) is 6.04 Å². The van der Waals surface area contributed by atoms with Gasteiger partial charge in [0, 0.05) is 45.7 Å². The Morgan fingerprint density at radius 2 is 2.06 bits per heavy atom. The van der Waals surface area contributed by atoms with E-state index in [0.29, 0.717) is 0 Å². The molecule has 1 rings (SSSR count). The summed E-state index contributed by atoms with van der Waals surface area (Å²) in [5.74, 6) is 0.745. The summed E-state index contributed by atoms with van der Waals surface area (Å²) < 4.78 is 5.01. The second kappa shape index (κ2) is 7.19. The van der Waals surface area contributed by atoms with Crippen molar-refractivity contribution in [3.63, 3.8) is 0 Å². The first-order chi connectivity index (χ1) is 8.13. The summed E-state index contributed by atoms with van der Waals surface area (Å²) in [5, 5.41) is 0. The van der Waals surface area contributed by atoms with Gasteiger partial charge in [-0.05, 0) is 25.3 Å². The van der Waals surface area contributed by atoms with Crippen molar-refractivity contribution >= 4 is 5.95 Å². The molecule has 96 valence electrons. The molecule has 5 nitrogen and oxygen atoms in total. The third-order valence-electron chi connectivity index (χ3n) is 2.43. The highest BCUT2D eigenvalue weighted by molar-refractivity contribution is 5.28. The van der Waals surface area contributed by atoms with Gasteiger partial charge in [-0.15, -0.1) is 0 Å². The molecule has 0 bridgehead atoms. The summed E-state index contributed by atoms with van der Waals surface area (Å²) >= 11 is 0. The first kappa shape index (κ1) is 13.9. The summed E-state index contributed by atoms with van der Waals surface area (Å²) in [6.45, 7) is 3.62. The molecule has 0 fully saturated rings. The average molecular weight is 238 g/mol. The lowest BCUT2D eigenvalue weighted by atomic mass is 10.1. The standard InChI is InChI=1S/C12H22N4O/c1-10(13)7-11-8-14-12(15-9-11)16(2)5-4-6-17-3/h8-10H,4-7,13H2,1-3H3. The first-order valence-corrected chi connectivity index (χ1v) is 5.90. The van der Waals surface area contributed by atoms with Crippen LogP contribution in [0.25, 0.3) is 0 Å². The number of hydrogen-bond donors (Lipinski definition) is 1. The first-order valence-electron chi connectivity index (χ1n) is 5.90. The third-order valence-corrected chi connectivity index (χ3v) is 2.43. The molecule has 5 heteroatoms. The maximum atomic E-state index is 5.72. The number of anilines is 1. The number of ether oxygens (including phenoxy) is 1. The van der Waals surface area contributed by atoms with Crippen LogP contribution in [-0.2, 0) is 11.2 Å². The van der Waals surface area contributed by atoms with E-state index in [0.717, 1.165) is 37.5 Å². The van der Waals surface area contributed by atoms with Gasteiger partial charge in [0.15, 0.2) is 0 Å². The minimum atomic E-state index is 0.142. The maximum Gasteiger partial charge on any atom is 0.224 e. The molecule has 0 amide bonds. The van der Waals surface area contributed by atoms with E-state index in [1.165, 1.54) is 0 Å². The van der Waals surface area contributed by atoms with E-state index in [2.05, 4.69) is 9.97 Å². The van der Waals surface area contributed by atoms with Crippen LogP contribution in [0, 0.1) is 0 Å². The Morgan fingerprint density at radius 1 is 1.41 bits per heavy atom. The van der Waals surface area contributed by atoms with Crippen LogP contribution in [0.15, 0.2) is 12.4 Å². The zero-order valence-electron chi connectivity index (χ0n) is 10.9. The Balaban J connectivity index is 2.48. The highest BCUT2D eigenvalue weighted by Crippen LogP contribution is 2.06. The zero-order valence-corrected chi connectivity index (χ0v) is 10.9. The van der Waals surface area contributed by atoms with Crippen LogP contribution in [0.4, 0.5) is 5.95 Å². The molecule has 0 radical (unpaired) electrons. The largest absolute Gasteiger partial charge is 0.385 e. The van der Waals surface area contributed by atoms with Crippen molar-refractivity contribution in [2.45, 2.75) is 25.8 Å². The van der Waals surface area contributed by atoms with Crippen LogP contribution in [0.1, 0.15) is 18.9 Å². The van der Waals surface area contributed by atoms with Crippen molar-refractivity contribution in [2.24, 2.45) is 5.73 Å². The van der Waals surface area contributed by atoms with Crippen molar-refractivity contribution in [1.29, 1.82) is 0 Å². The van der Waals surface area contributed by atoms with Crippen LogP contribution >= 0.6 is 0 Å². The molecule has 1 heterocycles. The van der Waals surface area contributed by atoms with Crippen LogP contribution in [0.3, 0.4) is 0 Å². The van der Waals surface area contributed by atoms with E-state index < -0.39 is 0 Å². The van der Waals surface area contributed by atoms with Gasteiger partial charge >= 0.3 is 0 Å². The van der Waals surface area contributed by atoms with Gasteiger partial charge in [-0.2, -0.15) is 0 Å². The minimum absolute atomic E-state index is 0.142. The van der Waals surface area contributed by atoms with Gasteiger partial charge in [0.05, 0.1) is 0 Å². The quantitative estimate of drug-likeness (QED) is 0.713. The number of methoxy groups -OCH3 is 1. The fourth-order valence-electron chi connectivity index (χ4n) is 1.57. The van der Waals surface area contributed by atoms with E-state index in [1.807, 2.05) is 31.3 Å². The van der Waals surface area contributed by atoms with E-state index in [9.17, 15) is 0 Å². The van der Waals surface area contributed by atoms with Gasteiger partial charge in [-0.25, -0.2) is 9.97 Å².